The lowest BCUT2D eigenvalue weighted by molar-refractivity contribution is -0.113. The lowest BCUT2D eigenvalue weighted by atomic mass is 9.95. The number of benzene rings is 2. The van der Waals surface area contributed by atoms with Gasteiger partial charge in [0.25, 0.3) is 5.91 Å². The molecule has 1 aliphatic rings. The maximum Gasteiger partial charge on any atom is 0.319 e. The highest BCUT2D eigenvalue weighted by Crippen LogP contribution is 2.29. The van der Waals surface area contributed by atoms with E-state index in [0.717, 1.165) is 10.0 Å². The molecule has 0 aromatic heterocycles. The number of hydrogen-bond donors (Lipinski definition) is 3. The van der Waals surface area contributed by atoms with Gasteiger partial charge in [-0.1, -0.05) is 28.1 Å². The smallest absolute Gasteiger partial charge is 0.319 e. The van der Waals surface area contributed by atoms with E-state index in [-0.39, 0.29) is 11.9 Å². The summed E-state index contributed by atoms with van der Waals surface area (Å²) < 4.78 is 6.04. The van der Waals surface area contributed by atoms with Crippen molar-refractivity contribution in [3.05, 3.63) is 69.8 Å². The van der Waals surface area contributed by atoms with Gasteiger partial charge in [-0.25, -0.2) is 4.79 Å². The molecule has 134 valence electrons. The molecule has 0 spiro atoms. The maximum atomic E-state index is 12.9. The van der Waals surface area contributed by atoms with Gasteiger partial charge in [-0.15, -0.1) is 0 Å². The van der Waals surface area contributed by atoms with Gasteiger partial charge in [-0.3, -0.25) is 4.79 Å². The number of anilines is 1. The molecule has 1 aliphatic heterocycles. The van der Waals surface area contributed by atoms with Crippen LogP contribution in [0, 0.1) is 0 Å². The number of ether oxygens (including phenoxy) is 1. The third kappa shape index (κ3) is 3.88. The van der Waals surface area contributed by atoms with Gasteiger partial charge in [0.1, 0.15) is 5.75 Å². The number of carbonyl (C=O) groups is 2. The van der Waals surface area contributed by atoms with Crippen LogP contribution in [0.25, 0.3) is 0 Å². The highest BCUT2D eigenvalue weighted by atomic mass is 79.9. The summed E-state index contributed by atoms with van der Waals surface area (Å²) in [4.78, 5) is 24.8. The SMILES string of the molecule is COc1ccc(NC(=O)C2=C(C)NC(=O)NC2c2ccc(Br)cc2)cc1. The van der Waals surface area contributed by atoms with E-state index in [1.807, 2.05) is 24.3 Å². The van der Waals surface area contributed by atoms with Crippen LogP contribution in [0.4, 0.5) is 10.5 Å². The molecule has 3 rings (SSSR count). The van der Waals surface area contributed by atoms with Crippen LogP contribution in [0.1, 0.15) is 18.5 Å². The number of urea groups is 1. The van der Waals surface area contributed by atoms with E-state index in [4.69, 9.17) is 4.74 Å². The number of hydrogen-bond acceptors (Lipinski definition) is 3. The van der Waals surface area contributed by atoms with Crippen molar-refractivity contribution in [3.63, 3.8) is 0 Å². The van der Waals surface area contributed by atoms with E-state index in [2.05, 4.69) is 31.9 Å². The minimum absolute atomic E-state index is 0.284. The van der Waals surface area contributed by atoms with Crippen molar-refractivity contribution < 1.29 is 14.3 Å². The molecule has 0 fully saturated rings. The predicted octanol–water partition coefficient (Wildman–Crippen LogP) is 3.72. The fourth-order valence-corrected chi connectivity index (χ4v) is 3.04. The zero-order valence-corrected chi connectivity index (χ0v) is 15.9. The lowest BCUT2D eigenvalue weighted by Crippen LogP contribution is -2.45. The molecule has 0 bridgehead atoms. The van der Waals surface area contributed by atoms with Crippen molar-refractivity contribution in [2.75, 3.05) is 12.4 Å². The van der Waals surface area contributed by atoms with E-state index in [9.17, 15) is 9.59 Å². The highest BCUT2D eigenvalue weighted by Gasteiger charge is 2.31. The Morgan fingerprint density at radius 3 is 2.38 bits per heavy atom. The quantitative estimate of drug-likeness (QED) is 0.711. The largest absolute Gasteiger partial charge is 0.497 e. The van der Waals surface area contributed by atoms with Crippen molar-refractivity contribution >= 4 is 33.6 Å². The topological polar surface area (TPSA) is 79.5 Å². The van der Waals surface area contributed by atoms with Crippen LogP contribution in [0.15, 0.2) is 64.3 Å². The molecule has 26 heavy (non-hydrogen) atoms. The number of amides is 3. The second kappa shape index (κ2) is 7.61. The Morgan fingerprint density at radius 1 is 1.12 bits per heavy atom. The van der Waals surface area contributed by atoms with Crippen molar-refractivity contribution in [1.29, 1.82) is 0 Å². The van der Waals surface area contributed by atoms with Gasteiger partial charge in [0.2, 0.25) is 0 Å². The Balaban J connectivity index is 1.89. The summed E-state index contributed by atoms with van der Waals surface area (Å²) in [6.07, 6.45) is 0. The van der Waals surface area contributed by atoms with Gasteiger partial charge in [0, 0.05) is 15.9 Å². The van der Waals surface area contributed by atoms with E-state index >= 15 is 0 Å². The molecule has 0 saturated heterocycles. The minimum atomic E-state index is -0.532. The summed E-state index contributed by atoms with van der Waals surface area (Å²) in [6, 6.07) is 13.7. The summed E-state index contributed by atoms with van der Waals surface area (Å²) in [5.41, 5.74) is 2.44. The summed E-state index contributed by atoms with van der Waals surface area (Å²) >= 11 is 3.39. The molecule has 1 heterocycles. The van der Waals surface area contributed by atoms with Gasteiger partial charge < -0.3 is 20.7 Å². The zero-order valence-electron chi connectivity index (χ0n) is 14.3. The summed E-state index contributed by atoms with van der Waals surface area (Å²) in [5.74, 6) is 0.422. The van der Waals surface area contributed by atoms with E-state index in [1.165, 1.54) is 0 Å². The molecule has 3 N–H and O–H groups in total. The van der Waals surface area contributed by atoms with Crippen LogP contribution >= 0.6 is 15.9 Å². The van der Waals surface area contributed by atoms with Crippen LogP contribution in [0.5, 0.6) is 5.75 Å². The Bertz CT molecular complexity index is 861. The molecular weight excluding hydrogens is 398 g/mol. The second-order valence-electron chi connectivity index (χ2n) is 5.80. The van der Waals surface area contributed by atoms with E-state index in [0.29, 0.717) is 22.7 Å². The fraction of sp³-hybridized carbons (Fsp3) is 0.158. The third-order valence-corrected chi connectivity index (χ3v) is 4.59. The van der Waals surface area contributed by atoms with E-state index < -0.39 is 6.04 Å². The van der Waals surface area contributed by atoms with E-state index in [1.54, 1.807) is 38.3 Å². The molecule has 3 amide bonds. The Hall–Kier alpha value is -2.80. The fourth-order valence-electron chi connectivity index (χ4n) is 2.77. The number of methoxy groups -OCH3 is 1. The summed E-state index contributed by atoms with van der Waals surface area (Å²) in [6.45, 7) is 1.72. The number of rotatable bonds is 4. The molecule has 2 aromatic rings. The van der Waals surface area contributed by atoms with Crippen molar-refractivity contribution in [2.24, 2.45) is 0 Å². The standard InChI is InChI=1S/C19H18BrN3O3/c1-11-16(18(24)22-14-7-9-15(26-2)10-8-14)17(23-19(25)21-11)12-3-5-13(20)6-4-12/h3-10,17H,1-2H3,(H,22,24)(H2,21,23,25). The monoisotopic (exact) mass is 415 g/mol. The first-order chi connectivity index (χ1) is 12.5. The number of halogens is 1. The molecule has 0 saturated carbocycles. The van der Waals surface area contributed by atoms with Crippen LogP contribution in [0.3, 0.4) is 0 Å². The maximum absolute atomic E-state index is 12.9. The number of carbonyl (C=O) groups excluding carboxylic acids is 2. The predicted molar refractivity (Wildman–Crippen MR) is 103 cm³/mol. The Morgan fingerprint density at radius 2 is 1.77 bits per heavy atom. The zero-order chi connectivity index (χ0) is 18.7. The molecular formula is C19H18BrN3O3. The molecule has 0 aliphatic carbocycles. The van der Waals surface area contributed by atoms with Gasteiger partial charge >= 0.3 is 6.03 Å². The first-order valence-electron chi connectivity index (χ1n) is 7.97. The normalized spacial score (nSPS) is 16.6. The average molecular weight is 416 g/mol. The lowest BCUT2D eigenvalue weighted by Gasteiger charge is -2.28. The van der Waals surface area contributed by atoms with Crippen molar-refractivity contribution in [3.8, 4) is 5.75 Å². The van der Waals surface area contributed by atoms with Crippen LogP contribution in [-0.2, 0) is 4.79 Å². The Labute approximate surface area is 159 Å². The molecule has 0 radical (unpaired) electrons. The minimum Gasteiger partial charge on any atom is -0.497 e. The van der Waals surface area contributed by atoms with Gasteiger partial charge in [0.05, 0.1) is 18.7 Å². The third-order valence-electron chi connectivity index (χ3n) is 4.06. The van der Waals surface area contributed by atoms with Gasteiger partial charge in [-0.2, -0.15) is 0 Å². The molecule has 7 heteroatoms. The first kappa shape index (κ1) is 18.0. The average Bonchev–Trinajstić information content (AvgIpc) is 2.62. The van der Waals surface area contributed by atoms with Crippen molar-refractivity contribution in [2.45, 2.75) is 13.0 Å². The molecule has 6 nitrogen and oxygen atoms in total. The number of nitrogens with one attached hydrogen (secondary N) is 3. The van der Waals surface area contributed by atoms with Crippen LogP contribution in [-0.4, -0.2) is 19.0 Å². The molecule has 1 unspecified atom stereocenters. The first-order valence-corrected chi connectivity index (χ1v) is 8.76. The van der Waals surface area contributed by atoms with Crippen LogP contribution < -0.4 is 20.7 Å². The van der Waals surface area contributed by atoms with Crippen molar-refractivity contribution in [1.82, 2.24) is 10.6 Å². The summed E-state index contributed by atoms with van der Waals surface area (Å²) in [5, 5.41) is 8.34. The molecule has 2 aromatic carbocycles. The second-order valence-corrected chi connectivity index (χ2v) is 6.72. The molecule has 1 atom stereocenters. The Kier molecular flexibility index (Phi) is 5.27. The van der Waals surface area contributed by atoms with Gasteiger partial charge in [-0.05, 0) is 48.9 Å². The highest BCUT2D eigenvalue weighted by molar-refractivity contribution is 9.10. The van der Waals surface area contributed by atoms with Gasteiger partial charge in [0.15, 0.2) is 0 Å². The summed E-state index contributed by atoms with van der Waals surface area (Å²) in [7, 11) is 1.58. The number of allylic oxidation sites excluding steroid dienone is 1. The van der Waals surface area contributed by atoms with Crippen LogP contribution in [0.2, 0.25) is 0 Å².